The van der Waals surface area contributed by atoms with Crippen molar-refractivity contribution in [2.24, 2.45) is 5.92 Å². The molecule has 2 atom stereocenters. The molecule has 6 nitrogen and oxygen atoms in total. The number of aliphatic hydroxyl groups is 1. The highest BCUT2D eigenvalue weighted by molar-refractivity contribution is 5.87. The summed E-state index contributed by atoms with van der Waals surface area (Å²) in [5, 5.41) is 23.4. The number of carboxylic acid groups (broad SMARTS) is 1. The van der Waals surface area contributed by atoms with Crippen LogP contribution in [0.15, 0.2) is 24.3 Å². The smallest absolute Gasteiger partial charge is 0.335 e. The third-order valence-electron chi connectivity index (χ3n) is 3.01. The highest BCUT2D eigenvalue weighted by Gasteiger charge is 2.08. The zero-order valence-corrected chi connectivity index (χ0v) is 12.3. The molecule has 6 heteroatoms. The molecule has 2 unspecified atom stereocenters. The summed E-state index contributed by atoms with van der Waals surface area (Å²) in [6.45, 7) is 4.50. The van der Waals surface area contributed by atoms with E-state index >= 15 is 0 Å². The largest absolute Gasteiger partial charge is 0.478 e. The second-order valence-corrected chi connectivity index (χ2v) is 5.26. The molecule has 1 aromatic rings. The Labute approximate surface area is 124 Å². The van der Waals surface area contributed by atoms with E-state index in [-0.39, 0.29) is 23.6 Å². The summed E-state index contributed by atoms with van der Waals surface area (Å²) in [6, 6.07) is 6.05. The number of benzene rings is 1. The average molecular weight is 294 g/mol. The van der Waals surface area contributed by atoms with Crippen LogP contribution in [-0.2, 0) is 6.54 Å². The molecule has 0 aliphatic carbocycles. The quantitative estimate of drug-likeness (QED) is 0.613. The molecule has 0 saturated carbocycles. The van der Waals surface area contributed by atoms with E-state index in [1.165, 1.54) is 12.1 Å². The lowest BCUT2D eigenvalue weighted by Crippen LogP contribution is -2.37. The van der Waals surface area contributed by atoms with Crippen molar-refractivity contribution in [1.82, 2.24) is 10.6 Å². The molecule has 116 valence electrons. The molecule has 0 aliphatic rings. The van der Waals surface area contributed by atoms with Crippen molar-refractivity contribution < 1.29 is 19.8 Å². The number of carbonyl (C=O) groups is 2. The lowest BCUT2D eigenvalue weighted by molar-refractivity contribution is 0.0697. The molecule has 4 N–H and O–H groups in total. The van der Waals surface area contributed by atoms with Crippen LogP contribution in [0, 0.1) is 5.92 Å². The van der Waals surface area contributed by atoms with Crippen LogP contribution in [0.4, 0.5) is 4.79 Å². The molecule has 0 fully saturated rings. The van der Waals surface area contributed by atoms with E-state index < -0.39 is 5.97 Å². The van der Waals surface area contributed by atoms with E-state index in [1.54, 1.807) is 19.1 Å². The predicted octanol–water partition coefficient (Wildman–Crippen LogP) is 1.59. The Morgan fingerprint density at radius 2 is 1.76 bits per heavy atom. The molecule has 0 aromatic heterocycles. The van der Waals surface area contributed by atoms with Crippen LogP contribution in [-0.4, -0.2) is 34.9 Å². The standard InChI is InChI=1S/C15H22N2O4/c1-10(7-11(2)18)8-16-15(21)17-9-12-3-5-13(6-4-12)14(19)20/h3-6,10-11,18H,7-9H2,1-2H3,(H,19,20)(H2,16,17,21). The average Bonchev–Trinajstić information content (AvgIpc) is 2.42. The Morgan fingerprint density at radius 1 is 1.14 bits per heavy atom. The van der Waals surface area contributed by atoms with Gasteiger partial charge in [0.15, 0.2) is 0 Å². The van der Waals surface area contributed by atoms with Gasteiger partial charge in [-0.15, -0.1) is 0 Å². The summed E-state index contributed by atoms with van der Waals surface area (Å²) in [5.74, 6) is -0.773. The van der Waals surface area contributed by atoms with Gasteiger partial charge in [-0.2, -0.15) is 0 Å². The van der Waals surface area contributed by atoms with Gasteiger partial charge in [-0.25, -0.2) is 9.59 Å². The number of urea groups is 1. The molecule has 0 bridgehead atoms. The van der Waals surface area contributed by atoms with E-state index in [0.29, 0.717) is 19.5 Å². The van der Waals surface area contributed by atoms with Gasteiger partial charge in [-0.3, -0.25) is 0 Å². The fraction of sp³-hybridized carbons (Fsp3) is 0.467. The maximum atomic E-state index is 11.6. The van der Waals surface area contributed by atoms with E-state index in [2.05, 4.69) is 10.6 Å². The number of rotatable bonds is 7. The van der Waals surface area contributed by atoms with Gasteiger partial charge in [0.05, 0.1) is 11.7 Å². The number of hydrogen-bond acceptors (Lipinski definition) is 3. The second-order valence-electron chi connectivity index (χ2n) is 5.26. The number of aliphatic hydroxyl groups excluding tert-OH is 1. The van der Waals surface area contributed by atoms with Crippen molar-refractivity contribution >= 4 is 12.0 Å². The Bertz CT molecular complexity index is 471. The summed E-state index contributed by atoms with van der Waals surface area (Å²) < 4.78 is 0. The number of aromatic carboxylic acids is 1. The number of carbonyl (C=O) groups excluding carboxylic acids is 1. The molecule has 21 heavy (non-hydrogen) atoms. The zero-order valence-electron chi connectivity index (χ0n) is 12.3. The van der Waals surface area contributed by atoms with Crippen LogP contribution in [0.2, 0.25) is 0 Å². The molecule has 0 spiro atoms. The lowest BCUT2D eigenvalue weighted by Gasteiger charge is -2.14. The Kier molecular flexibility index (Phi) is 6.68. The summed E-state index contributed by atoms with van der Waals surface area (Å²) in [7, 11) is 0. The molecular weight excluding hydrogens is 272 g/mol. The number of nitrogens with one attached hydrogen (secondary N) is 2. The molecular formula is C15H22N2O4. The van der Waals surface area contributed by atoms with Crippen LogP contribution in [0.3, 0.4) is 0 Å². The molecule has 0 saturated heterocycles. The summed E-state index contributed by atoms with van der Waals surface area (Å²) in [4.78, 5) is 22.3. The minimum Gasteiger partial charge on any atom is -0.478 e. The fourth-order valence-corrected chi connectivity index (χ4v) is 1.94. The first-order valence-corrected chi connectivity index (χ1v) is 6.90. The van der Waals surface area contributed by atoms with E-state index in [9.17, 15) is 14.7 Å². The third-order valence-corrected chi connectivity index (χ3v) is 3.01. The van der Waals surface area contributed by atoms with Crippen LogP contribution >= 0.6 is 0 Å². The third kappa shape index (κ3) is 6.76. The van der Waals surface area contributed by atoms with E-state index in [1.807, 2.05) is 6.92 Å². The summed E-state index contributed by atoms with van der Waals surface area (Å²) in [5.41, 5.74) is 1.04. The lowest BCUT2D eigenvalue weighted by atomic mass is 10.1. The number of carboxylic acids is 1. The maximum absolute atomic E-state index is 11.6. The Hall–Kier alpha value is -2.08. The monoisotopic (exact) mass is 294 g/mol. The second kappa shape index (κ2) is 8.26. The molecule has 0 radical (unpaired) electrons. The van der Waals surface area contributed by atoms with Crippen LogP contribution < -0.4 is 10.6 Å². The topological polar surface area (TPSA) is 98.7 Å². The Morgan fingerprint density at radius 3 is 2.29 bits per heavy atom. The van der Waals surface area contributed by atoms with Crippen molar-refractivity contribution in [2.45, 2.75) is 32.9 Å². The van der Waals surface area contributed by atoms with E-state index in [0.717, 1.165) is 5.56 Å². The molecule has 1 rings (SSSR count). The Balaban J connectivity index is 2.31. The van der Waals surface area contributed by atoms with E-state index in [4.69, 9.17) is 5.11 Å². The molecule has 2 amide bonds. The SMILES string of the molecule is CC(O)CC(C)CNC(=O)NCc1ccc(C(=O)O)cc1. The first-order valence-electron chi connectivity index (χ1n) is 6.90. The zero-order chi connectivity index (χ0) is 15.8. The minimum atomic E-state index is -0.973. The number of hydrogen-bond donors (Lipinski definition) is 4. The van der Waals surface area contributed by atoms with Crippen molar-refractivity contribution in [3.8, 4) is 0 Å². The van der Waals surface area contributed by atoms with Gasteiger partial charge in [0.25, 0.3) is 0 Å². The van der Waals surface area contributed by atoms with Gasteiger partial charge >= 0.3 is 12.0 Å². The van der Waals surface area contributed by atoms with Crippen LogP contribution in [0.25, 0.3) is 0 Å². The summed E-state index contributed by atoms with van der Waals surface area (Å²) in [6.07, 6.45) is 0.259. The van der Waals surface area contributed by atoms with Crippen LogP contribution in [0.1, 0.15) is 36.2 Å². The van der Waals surface area contributed by atoms with Crippen molar-refractivity contribution in [3.63, 3.8) is 0 Å². The summed E-state index contributed by atoms with van der Waals surface area (Å²) >= 11 is 0. The molecule has 0 heterocycles. The van der Waals surface area contributed by atoms with Crippen molar-refractivity contribution in [1.29, 1.82) is 0 Å². The molecule has 0 aliphatic heterocycles. The predicted molar refractivity (Wildman–Crippen MR) is 79.1 cm³/mol. The van der Waals surface area contributed by atoms with Gasteiger partial charge in [-0.05, 0) is 37.0 Å². The first-order chi connectivity index (χ1) is 9.88. The minimum absolute atomic E-state index is 0.200. The highest BCUT2D eigenvalue weighted by Crippen LogP contribution is 2.05. The van der Waals surface area contributed by atoms with Gasteiger partial charge in [-0.1, -0.05) is 19.1 Å². The number of amides is 2. The van der Waals surface area contributed by atoms with Crippen LogP contribution in [0.5, 0.6) is 0 Å². The first kappa shape index (κ1) is 17.0. The van der Waals surface area contributed by atoms with Gasteiger partial charge < -0.3 is 20.8 Å². The molecule has 1 aromatic carbocycles. The fourth-order valence-electron chi connectivity index (χ4n) is 1.94. The van der Waals surface area contributed by atoms with Gasteiger partial charge in [0.2, 0.25) is 0 Å². The van der Waals surface area contributed by atoms with Gasteiger partial charge in [0, 0.05) is 13.1 Å². The maximum Gasteiger partial charge on any atom is 0.335 e. The van der Waals surface area contributed by atoms with Crippen molar-refractivity contribution in [2.75, 3.05) is 6.54 Å². The highest BCUT2D eigenvalue weighted by atomic mass is 16.4. The normalized spacial score (nSPS) is 13.3. The van der Waals surface area contributed by atoms with Gasteiger partial charge in [0.1, 0.15) is 0 Å². The van der Waals surface area contributed by atoms with Crippen molar-refractivity contribution in [3.05, 3.63) is 35.4 Å².